The average Bonchev–Trinajstić information content (AvgIpc) is 2.46. The summed E-state index contributed by atoms with van der Waals surface area (Å²) in [6, 6.07) is 7.36. The summed E-state index contributed by atoms with van der Waals surface area (Å²) in [7, 11) is 3.41. The normalized spacial score (nSPS) is 13.0. The number of rotatable bonds is 9. The Labute approximate surface area is 138 Å². The molecule has 0 heterocycles. The van der Waals surface area contributed by atoms with Crippen LogP contribution < -0.4 is 20.3 Å². The second-order valence-electron chi connectivity index (χ2n) is 5.85. The van der Waals surface area contributed by atoms with Gasteiger partial charge in [-0.2, -0.15) is 0 Å². The molecule has 3 N–H and O–H groups in total. The van der Waals surface area contributed by atoms with E-state index in [1.165, 1.54) is 0 Å². The zero-order valence-corrected chi connectivity index (χ0v) is 14.4. The van der Waals surface area contributed by atoms with Crippen molar-refractivity contribution in [2.24, 2.45) is 0 Å². The SMILES string of the molecule is CCC[C@@H](C)NC(=O)C[NH+](C)CC(=O)Nc1cccc(OC)c1. The molecule has 0 bridgehead atoms. The Bertz CT molecular complexity index is 520. The lowest BCUT2D eigenvalue weighted by Gasteiger charge is -2.16. The van der Waals surface area contributed by atoms with Crippen LogP contribution in [0, 0.1) is 0 Å². The number of nitrogens with one attached hydrogen (secondary N) is 3. The Hall–Kier alpha value is -2.08. The second-order valence-corrected chi connectivity index (χ2v) is 5.85. The first-order valence-corrected chi connectivity index (χ1v) is 7.99. The lowest BCUT2D eigenvalue weighted by Crippen LogP contribution is -3.11. The molecule has 0 aliphatic rings. The van der Waals surface area contributed by atoms with Crippen molar-refractivity contribution in [2.75, 3.05) is 32.6 Å². The van der Waals surface area contributed by atoms with Crippen LogP contribution in [0.3, 0.4) is 0 Å². The number of hydrogen-bond donors (Lipinski definition) is 3. The van der Waals surface area contributed by atoms with Crippen LogP contribution in [0.4, 0.5) is 5.69 Å². The van der Waals surface area contributed by atoms with E-state index in [-0.39, 0.29) is 30.9 Å². The molecule has 2 amide bonds. The van der Waals surface area contributed by atoms with E-state index in [9.17, 15) is 9.59 Å². The summed E-state index contributed by atoms with van der Waals surface area (Å²) in [5.41, 5.74) is 0.683. The van der Waals surface area contributed by atoms with E-state index >= 15 is 0 Å². The predicted molar refractivity (Wildman–Crippen MR) is 90.8 cm³/mol. The maximum atomic E-state index is 12.0. The molecule has 1 unspecified atom stereocenters. The number of methoxy groups -OCH3 is 1. The minimum absolute atomic E-state index is 0.0300. The fraction of sp³-hybridized carbons (Fsp3) is 0.529. The van der Waals surface area contributed by atoms with Gasteiger partial charge in [-0.25, -0.2) is 0 Å². The molecule has 1 aromatic rings. The van der Waals surface area contributed by atoms with Gasteiger partial charge in [0.05, 0.1) is 14.2 Å². The van der Waals surface area contributed by atoms with Crippen LogP contribution in [0.2, 0.25) is 0 Å². The topological polar surface area (TPSA) is 71.9 Å². The lowest BCUT2D eigenvalue weighted by molar-refractivity contribution is -0.862. The zero-order chi connectivity index (χ0) is 17.2. The molecular weight excluding hydrogens is 294 g/mol. The maximum absolute atomic E-state index is 12.0. The van der Waals surface area contributed by atoms with Crippen LogP contribution in [-0.2, 0) is 9.59 Å². The third kappa shape index (κ3) is 7.65. The van der Waals surface area contributed by atoms with E-state index in [0.717, 1.165) is 17.7 Å². The summed E-state index contributed by atoms with van der Waals surface area (Å²) >= 11 is 0. The number of benzene rings is 1. The highest BCUT2D eigenvalue weighted by Gasteiger charge is 2.15. The van der Waals surface area contributed by atoms with Crippen molar-refractivity contribution in [1.82, 2.24) is 5.32 Å². The van der Waals surface area contributed by atoms with E-state index in [4.69, 9.17) is 4.74 Å². The van der Waals surface area contributed by atoms with Crippen LogP contribution in [0.5, 0.6) is 5.75 Å². The predicted octanol–water partition coefficient (Wildman–Crippen LogP) is 0.453. The Morgan fingerprint density at radius 2 is 1.96 bits per heavy atom. The third-order valence-electron chi connectivity index (χ3n) is 3.41. The van der Waals surface area contributed by atoms with Crippen LogP contribution >= 0.6 is 0 Å². The smallest absolute Gasteiger partial charge is 0.279 e. The second kappa shape index (κ2) is 9.84. The Balaban J connectivity index is 2.39. The molecule has 0 aromatic heterocycles. The van der Waals surface area contributed by atoms with E-state index < -0.39 is 0 Å². The van der Waals surface area contributed by atoms with Gasteiger partial charge in [0, 0.05) is 17.8 Å². The molecular formula is C17H28N3O3+. The number of hydrogen-bond acceptors (Lipinski definition) is 3. The molecule has 128 valence electrons. The van der Waals surface area contributed by atoms with Crippen LogP contribution in [0.1, 0.15) is 26.7 Å². The van der Waals surface area contributed by atoms with Crippen molar-refractivity contribution in [3.63, 3.8) is 0 Å². The number of quaternary nitrogens is 1. The first-order chi connectivity index (χ1) is 10.9. The van der Waals surface area contributed by atoms with Gasteiger partial charge in [0.1, 0.15) is 5.75 Å². The molecule has 0 fully saturated rings. The molecule has 6 heteroatoms. The summed E-state index contributed by atoms with van der Waals surface area (Å²) in [5, 5.41) is 5.75. The highest BCUT2D eigenvalue weighted by molar-refractivity contribution is 5.91. The van der Waals surface area contributed by atoms with Crippen molar-refractivity contribution in [3.05, 3.63) is 24.3 Å². The van der Waals surface area contributed by atoms with Crippen molar-refractivity contribution in [2.45, 2.75) is 32.7 Å². The van der Waals surface area contributed by atoms with Crippen molar-refractivity contribution in [1.29, 1.82) is 0 Å². The Morgan fingerprint density at radius 3 is 2.61 bits per heavy atom. The van der Waals surface area contributed by atoms with Crippen molar-refractivity contribution < 1.29 is 19.2 Å². The fourth-order valence-corrected chi connectivity index (χ4v) is 2.35. The fourth-order valence-electron chi connectivity index (χ4n) is 2.35. The van der Waals surface area contributed by atoms with E-state index in [1.54, 1.807) is 19.2 Å². The molecule has 0 spiro atoms. The van der Waals surface area contributed by atoms with Gasteiger partial charge >= 0.3 is 0 Å². The maximum Gasteiger partial charge on any atom is 0.279 e. The summed E-state index contributed by atoms with van der Waals surface area (Å²) in [6.07, 6.45) is 1.99. The van der Waals surface area contributed by atoms with Gasteiger partial charge in [-0.3, -0.25) is 9.59 Å². The Kier molecular flexibility index (Phi) is 8.11. The minimum Gasteiger partial charge on any atom is -0.497 e. The van der Waals surface area contributed by atoms with Crippen molar-refractivity contribution in [3.8, 4) is 5.75 Å². The first-order valence-electron chi connectivity index (χ1n) is 7.99. The standard InChI is InChI=1S/C17H27N3O3/c1-5-7-13(2)18-16(21)11-20(3)12-17(22)19-14-8-6-9-15(10-14)23-4/h6,8-10,13H,5,7,11-12H2,1-4H3,(H,18,21)(H,19,22)/p+1/t13-/m1/s1. The molecule has 0 radical (unpaired) electrons. The van der Waals surface area contributed by atoms with Gasteiger partial charge < -0.3 is 20.3 Å². The van der Waals surface area contributed by atoms with Crippen LogP contribution in [-0.4, -0.2) is 45.1 Å². The molecule has 23 heavy (non-hydrogen) atoms. The highest BCUT2D eigenvalue weighted by Crippen LogP contribution is 2.16. The van der Waals surface area contributed by atoms with E-state index in [1.807, 2.05) is 26.1 Å². The molecule has 1 aromatic carbocycles. The molecule has 0 aliphatic heterocycles. The molecule has 6 nitrogen and oxygen atoms in total. The van der Waals surface area contributed by atoms with Gasteiger partial charge in [0.25, 0.3) is 11.8 Å². The quantitative estimate of drug-likeness (QED) is 0.618. The van der Waals surface area contributed by atoms with Gasteiger partial charge in [0.15, 0.2) is 13.1 Å². The number of carbonyl (C=O) groups is 2. The minimum atomic E-state index is -0.134. The summed E-state index contributed by atoms with van der Waals surface area (Å²) < 4.78 is 5.12. The molecule has 2 atom stereocenters. The molecule has 0 saturated carbocycles. The summed E-state index contributed by atoms with van der Waals surface area (Å²) in [6.45, 7) is 4.58. The highest BCUT2D eigenvalue weighted by atomic mass is 16.5. The van der Waals surface area contributed by atoms with E-state index in [0.29, 0.717) is 11.4 Å². The molecule has 1 rings (SSSR count). The number of likely N-dealkylation sites (N-methyl/N-ethyl adjacent to an activating group) is 1. The van der Waals surface area contributed by atoms with Gasteiger partial charge in [-0.05, 0) is 25.5 Å². The summed E-state index contributed by atoms with van der Waals surface area (Å²) in [4.78, 5) is 24.7. The molecule has 0 saturated heterocycles. The largest absolute Gasteiger partial charge is 0.497 e. The molecule has 0 aliphatic carbocycles. The van der Waals surface area contributed by atoms with Gasteiger partial charge in [-0.15, -0.1) is 0 Å². The summed E-state index contributed by atoms with van der Waals surface area (Å²) in [5.74, 6) is 0.524. The van der Waals surface area contributed by atoms with Gasteiger partial charge in [-0.1, -0.05) is 19.4 Å². The zero-order valence-electron chi connectivity index (χ0n) is 14.4. The lowest BCUT2D eigenvalue weighted by atomic mass is 10.2. The monoisotopic (exact) mass is 322 g/mol. The van der Waals surface area contributed by atoms with Crippen molar-refractivity contribution >= 4 is 17.5 Å². The first kappa shape index (κ1) is 19.0. The van der Waals surface area contributed by atoms with E-state index in [2.05, 4.69) is 17.6 Å². The third-order valence-corrected chi connectivity index (χ3v) is 3.41. The van der Waals surface area contributed by atoms with Gasteiger partial charge in [0.2, 0.25) is 0 Å². The van der Waals surface area contributed by atoms with Crippen LogP contribution in [0.15, 0.2) is 24.3 Å². The number of ether oxygens (including phenoxy) is 1. The average molecular weight is 322 g/mol. The number of anilines is 1. The number of carbonyl (C=O) groups excluding carboxylic acids is 2. The Morgan fingerprint density at radius 1 is 1.26 bits per heavy atom. The van der Waals surface area contributed by atoms with Crippen LogP contribution in [0.25, 0.3) is 0 Å². The number of amides is 2.